The molecule has 2 fully saturated rings. The number of ether oxygens (including phenoxy) is 4. The van der Waals surface area contributed by atoms with E-state index in [1.54, 1.807) is 14.2 Å². The molecule has 6 atom stereocenters. The Morgan fingerprint density at radius 2 is 1.56 bits per heavy atom. The Hall–Kier alpha value is -3.10. The first-order valence-electron chi connectivity index (χ1n) is 13.9. The van der Waals surface area contributed by atoms with Crippen LogP contribution >= 0.6 is 0 Å². The minimum Gasteiger partial charge on any atom is -0.496 e. The van der Waals surface area contributed by atoms with Gasteiger partial charge in [-0.15, -0.1) is 0 Å². The standard InChI is InChI=1S/C31H39NO7/c1-18(33)38-30-17-27-21-10-13-29(37-4)25(15-21)24-14-20(9-12-28(24)36-3)8-11-23(35)16-22-6-5-7-26(32(22)27)31(30)39-19(2)34/h9-10,12-15,22-23,26-27,30-31,35H,5-8,11,16-17H2,1-4H3/t22-,23+,26-,27+,30+,31+/m0/s1. The Labute approximate surface area is 230 Å². The van der Waals surface area contributed by atoms with E-state index in [0.29, 0.717) is 19.3 Å². The summed E-state index contributed by atoms with van der Waals surface area (Å²) in [5, 5.41) is 11.2. The van der Waals surface area contributed by atoms with Crippen LogP contribution in [0.2, 0.25) is 0 Å². The summed E-state index contributed by atoms with van der Waals surface area (Å²) < 4.78 is 23.2. The van der Waals surface area contributed by atoms with Gasteiger partial charge in [0.05, 0.1) is 26.4 Å². The van der Waals surface area contributed by atoms with Crippen LogP contribution in [0.5, 0.6) is 11.5 Å². The van der Waals surface area contributed by atoms with Gasteiger partial charge in [0.15, 0.2) is 6.10 Å². The number of aliphatic hydroxyl groups excluding tert-OH is 1. The Morgan fingerprint density at radius 3 is 2.26 bits per heavy atom. The molecule has 0 amide bonds. The molecule has 210 valence electrons. The second kappa shape index (κ2) is 11.6. The van der Waals surface area contributed by atoms with Crippen molar-refractivity contribution < 1.29 is 33.6 Å². The molecule has 8 nitrogen and oxygen atoms in total. The highest BCUT2D eigenvalue weighted by Crippen LogP contribution is 2.47. The third-order valence-corrected chi connectivity index (χ3v) is 8.50. The zero-order chi connectivity index (χ0) is 27.7. The third-order valence-electron chi connectivity index (χ3n) is 8.50. The molecule has 3 heterocycles. The zero-order valence-corrected chi connectivity index (χ0v) is 23.2. The first kappa shape index (κ1) is 27.5. The highest BCUT2D eigenvalue weighted by molar-refractivity contribution is 5.77. The maximum absolute atomic E-state index is 12.2. The molecule has 0 aromatic heterocycles. The normalized spacial score (nSPS) is 28.5. The number of methoxy groups -OCH3 is 2. The molecule has 2 aromatic carbocycles. The SMILES string of the molecule is COc1ccc2cc1-c1cc(ccc1OC)[C@H]1C[C@@H](OC(C)=O)[C@H](OC(C)=O)[C@@H]3CCC[C@@H](C[C@H](O)CC2)N13. The van der Waals surface area contributed by atoms with Crippen molar-refractivity contribution in [2.45, 2.75) is 95.2 Å². The Bertz CT molecular complexity index is 1210. The largest absolute Gasteiger partial charge is 0.496 e. The fraction of sp³-hybridized carbons (Fsp3) is 0.548. The molecule has 0 spiro atoms. The molecule has 0 saturated carbocycles. The number of hydrogen-bond donors (Lipinski definition) is 1. The van der Waals surface area contributed by atoms with Gasteiger partial charge in [0.1, 0.15) is 17.6 Å². The van der Waals surface area contributed by atoms with Crippen LogP contribution in [-0.2, 0) is 25.5 Å². The maximum Gasteiger partial charge on any atom is 0.303 e. The van der Waals surface area contributed by atoms with E-state index >= 15 is 0 Å². The van der Waals surface area contributed by atoms with Crippen LogP contribution < -0.4 is 9.47 Å². The number of carbonyl (C=O) groups excluding carboxylic acids is 2. The van der Waals surface area contributed by atoms with Gasteiger partial charge in [-0.1, -0.05) is 18.6 Å². The lowest BCUT2D eigenvalue weighted by molar-refractivity contribution is -0.191. The smallest absolute Gasteiger partial charge is 0.303 e. The topological polar surface area (TPSA) is 94.5 Å². The number of esters is 2. The molecular weight excluding hydrogens is 498 g/mol. The summed E-state index contributed by atoms with van der Waals surface area (Å²) >= 11 is 0. The number of aliphatic hydroxyl groups is 1. The minimum atomic E-state index is -0.569. The second-order valence-electron chi connectivity index (χ2n) is 11.0. The average molecular weight is 538 g/mol. The summed E-state index contributed by atoms with van der Waals surface area (Å²) in [4.78, 5) is 26.8. The highest BCUT2D eigenvalue weighted by atomic mass is 16.6. The van der Waals surface area contributed by atoms with Gasteiger partial charge in [-0.25, -0.2) is 0 Å². The fourth-order valence-corrected chi connectivity index (χ4v) is 6.93. The number of piperidine rings is 2. The van der Waals surface area contributed by atoms with Gasteiger partial charge in [-0.05, 0) is 67.5 Å². The molecule has 4 bridgehead atoms. The molecule has 0 unspecified atom stereocenters. The van der Waals surface area contributed by atoms with Crippen LogP contribution in [0, 0.1) is 0 Å². The van der Waals surface area contributed by atoms with E-state index in [0.717, 1.165) is 59.4 Å². The summed E-state index contributed by atoms with van der Waals surface area (Å²) in [6.07, 6.45) is 3.59. The average Bonchev–Trinajstić information content (AvgIpc) is 2.92. The van der Waals surface area contributed by atoms with E-state index in [2.05, 4.69) is 29.2 Å². The quantitative estimate of drug-likeness (QED) is 0.566. The number of nitrogens with zero attached hydrogens (tertiary/aromatic N) is 1. The number of carbonyl (C=O) groups is 2. The molecule has 39 heavy (non-hydrogen) atoms. The van der Waals surface area contributed by atoms with Gasteiger partial charge in [0.2, 0.25) is 0 Å². The number of hydrogen-bond acceptors (Lipinski definition) is 8. The van der Waals surface area contributed by atoms with E-state index < -0.39 is 24.3 Å². The maximum atomic E-state index is 12.2. The van der Waals surface area contributed by atoms with Crippen molar-refractivity contribution >= 4 is 11.9 Å². The molecule has 0 radical (unpaired) electrons. The molecular formula is C31H39NO7. The van der Waals surface area contributed by atoms with E-state index in [1.807, 2.05) is 12.1 Å². The molecule has 3 aliphatic rings. The lowest BCUT2D eigenvalue weighted by Gasteiger charge is -2.54. The second-order valence-corrected chi connectivity index (χ2v) is 11.0. The Balaban J connectivity index is 1.68. The molecule has 2 aromatic rings. The molecule has 1 N–H and O–H groups in total. The first-order valence-corrected chi connectivity index (χ1v) is 13.9. The van der Waals surface area contributed by atoms with Crippen molar-refractivity contribution in [3.05, 3.63) is 47.5 Å². The van der Waals surface area contributed by atoms with Crippen LogP contribution in [0.1, 0.15) is 69.5 Å². The van der Waals surface area contributed by atoms with Crippen LogP contribution in [0.3, 0.4) is 0 Å². The highest BCUT2D eigenvalue weighted by Gasteiger charge is 2.50. The molecule has 3 aliphatic heterocycles. The van der Waals surface area contributed by atoms with Crippen LogP contribution in [-0.4, -0.2) is 66.6 Å². The predicted octanol–water partition coefficient (Wildman–Crippen LogP) is 4.60. The van der Waals surface area contributed by atoms with Crippen LogP contribution in [0.25, 0.3) is 11.1 Å². The van der Waals surface area contributed by atoms with Gasteiger partial charge in [-0.2, -0.15) is 0 Å². The van der Waals surface area contributed by atoms with Gasteiger partial charge in [0.25, 0.3) is 0 Å². The molecule has 0 aliphatic carbocycles. The Morgan fingerprint density at radius 1 is 0.872 bits per heavy atom. The Kier molecular flexibility index (Phi) is 8.14. The lowest BCUT2D eigenvalue weighted by Crippen LogP contribution is -2.62. The van der Waals surface area contributed by atoms with Crippen molar-refractivity contribution in [1.82, 2.24) is 4.90 Å². The number of rotatable bonds is 4. The summed E-state index contributed by atoms with van der Waals surface area (Å²) in [6, 6.07) is 12.2. The predicted molar refractivity (Wildman–Crippen MR) is 146 cm³/mol. The van der Waals surface area contributed by atoms with E-state index in [-0.39, 0.29) is 24.1 Å². The summed E-state index contributed by atoms with van der Waals surface area (Å²) in [7, 11) is 3.33. The van der Waals surface area contributed by atoms with Crippen molar-refractivity contribution in [3.63, 3.8) is 0 Å². The molecule has 8 heteroatoms. The van der Waals surface area contributed by atoms with E-state index in [9.17, 15) is 14.7 Å². The van der Waals surface area contributed by atoms with Gasteiger partial charge in [0, 0.05) is 43.5 Å². The summed E-state index contributed by atoms with van der Waals surface area (Å²) in [6.45, 7) is 2.80. The third kappa shape index (κ3) is 5.63. The van der Waals surface area contributed by atoms with Crippen molar-refractivity contribution in [1.29, 1.82) is 0 Å². The summed E-state index contributed by atoms with van der Waals surface area (Å²) in [5.41, 5.74) is 4.03. The fourth-order valence-electron chi connectivity index (χ4n) is 6.93. The van der Waals surface area contributed by atoms with E-state index in [4.69, 9.17) is 18.9 Å². The van der Waals surface area contributed by atoms with Gasteiger partial charge < -0.3 is 24.1 Å². The molecule has 5 rings (SSSR count). The zero-order valence-electron chi connectivity index (χ0n) is 23.2. The number of aryl methyl sites for hydroxylation is 1. The minimum absolute atomic E-state index is 0.101. The molecule has 2 saturated heterocycles. The van der Waals surface area contributed by atoms with Crippen LogP contribution in [0.4, 0.5) is 0 Å². The lowest BCUT2D eigenvalue weighted by atomic mass is 9.78. The van der Waals surface area contributed by atoms with Crippen LogP contribution in [0.15, 0.2) is 36.4 Å². The van der Waals surface area contributed by atoms with Crippen molar-refractivity contribution in [3.8, 4) is 22.6 Å². The number of fused-ring (bicyclic) bond motifs is 6. The monoisotopic (exact) mass is 537 g/mol. The summed E-state index contributed by atoms with van der Waals surface area (Å²) in [5.74, 6) is 0.701. The first-order chi connectivity index (χ1) is 18.8. The number of benzene rings is 2. The van der Waals surface area contributed by atoms with Gasteiger partial charge >= 0.3 is 11.9 Å². The van der Waals surface area contributed by atoms with E-state index in [1.165, 1.54) is 13.8 Å². The van der Waals surface area contributed by atoms with Crippen molar-refractivity contribution in [2.75, 3.05) is 14.2 Å². The van der Waals surface area contributed by atoms with Gasteiger partial charge in [-0.3, -0.25) is 14.5 Å². The van der Waals surface area contributed by atoms with Crippen molar-refractivity contribution in [2.24, 2.45) is 0 Å².